The molecule has 0 aromatic heterocycles. The molecule has 0 aliphatic rings. The second-order valence-corrected chi connectivity index (χ2v) is 1.81. The van der Waals surface area contributed by atoms with Crippen molar-refractivity contribution < 1.29 is 9.53 Å². The zero-order valence-electron chi connectivity index (χ0n) is 4.97. The van der Waals surface area contributed by atoms with E-state index in [4.69, 9.17) is 5.41 Å². The van der Waals surface area contributed by atoms with Gasteiger partial charge in [-0.05, 0) is 0 Å². The molecule has 1 amide bonds. The van der Waals surface area contributed by atoms with E-state index in [0.29, 0.717) is 0 Å². The van der Waals surface area contributed by atoms with Gasteiger partial charge in [-0.1, -0.05) is 0 Å². The van der Waals surface area contributed by atoms with Crippen molar-refractivity contribution in [2.75, 3.05) is 13.7 Å². The molecule has 0 aliphatic carbocycles. The molecular weight excluding hydrogens is 140 g/mol. The summed E-state index contributed by atoms with van der Waals surface area (Å²) < 4.78 is 4.40. The lowest BCUT2D eigenvalue weighted by atomic mass is 10.8. The summed E-state index contributed by atoms with van der Waals surface area (Å²) in [5, 5.41) is 8.98. The quantitative estimate of drug-likeness (QED) is 0.298. The molecule has 0 bridgehead atoms. The third-order valence-corrected chi connectivity index (χ3v) is 0.673. The largest absolute Gasteiger partial charge is 0.443 e. The third-order valence-electron chi connectivity index (χ3n) is 0.544. The van der Waals surface area contributed by atoms with Gasteiger partial charge in [-0.2, -0.15) is 0 Å². The van der Waals surface area contributed by atoms with E-state index >= 15 is 0 Å². The van der Waals surface area contributed by atoms with E-state index in [9.17, 15) is 4.79 Å². The van der Waals surface area contributed by atoms with Gasteiger partial charge in [-0.3, -0.25) is 5.41 Å². The number of nitrogens with one attached hydrogen (secondary N) is 2. The summed E-state index contributed by atoms with van der Waals surface area (Å²) in [7, 11) is 1.45. The number of rotatable bonds is 2. The minimum absolute atomic E-state index is 0.0265. The summed E-state index contributed by atoms with van der Waals surface area (Å²) in [6, 6.07) is 0. The standard InChI is InChI=1S/C4H8N2O2S/c1-6-4(7)8-2-3(5)9/h2H2,1H3,(H2,5,9)(H,6,7). The highest BCUT2D eigenvalue weighted by atomic mass is 32.1. The summed E-state index contributed by atoms with van der Waals surface area (Å²) in [4.78, 5) is 10.3. The fraction of sp³-hybridized carbons (Fsp3) is 0.500. The molecule has 9 heavy (non-hydrogen) atoms. The number of hydrogen-bond donors (Lipinski definition) is 3. The first-order valence-corrected chi connectivity index (χ1v) is 2.72. The number of carbonyl (C=O) groups excluding carboxylic acids is 1. The highest BCUT2D eigenvalue weighted by molar-refractivity contribution is 7.96. The normalized spacial score (nSPS) is 8.22. The number of ether oxygens (including phenoxy) is 1. The number of thiol groups is 1. The molecule has 5 heteroatoms. The minimum atomic E-state index is -0.547. The Kier molecular flexibility index (Phi) is 3.87. The number of amides is 1. The fourth-order valence-corrected chi connectivity index (χ4v) is 0.271. The van der Waals surface area contributed by atoms with E-state index < -0.39 is 6.09 Å². The summed E-state index contributed by atoms with van der Waals surface area (Å²) >= 11 is 3.59. The Hall–Kier alpha value is -0.710. The molecule has 0 radical (unpaired) electrons. The van der Waals surface area contributed by atoms with Gasteiger partial charge in [0.25, 0.3) is 0 Å². The fourth-order valence-electron chi connectivity index (χ4n) is 0.206. The second-order valence-electron chi connectivity index (χ2n) is 1.27. The van der Waals surface area contributed by atoms with Crippen LogP contribution < -0.4 is 5.32 Å². The molecule has 0 heterocycles. The van der Waals surface area contributed by atoms with Crippen molar-refractivity contribution in [2.24, 2.45) is 0 Å². The van der Waals surface area contributed by atoms with Gasteiger partial charge in [0.1, 0.15) is 6.61 Å². The van der Waals surface area contributed by atoms with Crippen molar-refractivity contribution in [3.63, 3.8) is 0 Å². The Labute approximate surface area is 58.5 Å². The minimum Gasteiger partial charge on any atom is -0.443 e. The highest BCUT2D eigenvalue weighted by Crippen LogP contribution is 1.81. The maximum absolute atomic E-state index is 10.3. The first kappa shape index (κ1) is 8.29. The molecule has 0 aliphatic heterocycles. The van der Waals surface area contributed by atoms with Crippen LogP contribution in [0.5, 0.6) is 0 Å². The summed E-state index contributed by atoms with van der Waals surface area (Å²) in [6.45, 7) is -0.0667. The predicted molar refractivity (Wildman–Crippen MR) is 37.1 cm³/mol. The van der Waals surface area contributed by atoms with E-state index in [1.807, 2.05) is 0 Å². The first-order chi connectivity index (χ1) is 4.16. The lowest BCUT2D eigenvalue weighted by Crippen LogP contribution is -2.21. The van der Waals surface area contributed by atoms with Crippen LogP contribution in [0.3, 0.4) is 0 Å². The van der Waals surface area contributed by atoms with Crippen LogP contribution in [0.1, 0.15) is 0 Å². The van der Waals surface area contributed by atoms with Gasteiger partial charge in [0.05, 0.1) is 5.04 Å². The molecule has 0 fully saturated rings. The summed E-state index contributed by atoms with van der Waals surface area (Å²) in [5.41, 5.74) is 0. The maximum Gasteiger partial charge on any atom is 0.407 e. The van der Waals surface area contributed by atoms with Crippen LogP contribution in [0.15, 0.2) is 0 Å². The lowest BCUT2D eigenvalue weighted by Gasteiger charge is -1.99. The SMILES string of the molecule is CNC(=O)OCC(=N)S. The van der Waals surface area contributed by atoms with E-state index in [0.717, 1.165) is 0 Å². The topological polar surface area (TPSA) is 62.2 Å². The van der Waals surface area contributed by atoms with E-state index in [1.54, 1.807) is 0 Å². The Morgan fingerprint density at radius 2 is 2.44 bits per heavy atom. The highest BCUT2D eigenvalue weighted by Gasteiger charge is 1.96. The molecule has 0 saturated carbocycles. The van der Waals surface area contributed by atoms with Crippen LogP contribution in [-0.2, 0) is 4.74 Å². The van der Waals surface area contributed by atoms with Crippen LogP contribution in [0.4, 0.5) is 4.79 Å². The van der Waals surface area contributed by atoms with Gasteiger partial charge in [0.2, 0.25) is 0 Å². The van der Waals surface area contributed by atoms with Gasteiger partial charge < -0.3 is 10.1 Å². The van der Waals surface area contributed by atoms with Gasteiger partial charge in [-0.15, -0.1) is 12.6 Å². The molecule has 0 spiro atoms. The molecule has 0 aromatic carbocycles. The van der Waals surface area contributed by atoms with Crippen molar-refractivity contribution in [3.05, 3.63) is 0 Å². The second kappa shape index (κ2) is 4.20. The van der Waals surface area contributed by atoms with Crippen LogP contribution in [0.25, 0.3) is 0 Å². The van der Waals surface area contributed by atoms with Gasteiger partial charge in [0, 0.05) is 7.05 Å². The summed E-state index contributed by atoms with van der Waals surface area (Å²) in [6.07, 6.45) is -0.547. The van der Waals surface area contributed by atoms with E-state index in [-0.39, 0.29) is 11.7 Å². The van der Waals surface area contributed by atoms with Crippen molar-refractivity contribution in [2.45, 2.75) is 0 Å². The summed E-state index contributed by atoms with van der Waals surface area (Å²) in [5.74, 6) is 0. The molecule has 0 atom stereocenters. The molecule has 0 unspecified atom stereocenters. The maximum atomic E-state index is 10.3. The van der Waals surface area contributed by atoms with Crippen LogP contribution in [-0.4, -0.2) is 24.8 Å². The van der Waals surface area contributed by atoms with E-state index in [1.165, 1.54) is 7.05 Å². The van der Waals surface area contributed by atoms with Crippen molar-refractivity contribution in [1.82, 2.24) is 5.32 Å². The zero-order valence-corrected chi connectivity index (χ0v) is 5.87. The Balaban J connectivity index is 3.28. The lowest BCUT2D eigenvalue weighted by molar-refractivity contribution is 0.165. The van der Waals surface area contributed by atoms with Gasteiger partial charge >= 0.3 is 6.09 Å². The van der Waals surface area contributed by atoms with Crippen LogP contribution >= 0.6 is 12.6 Å². The third kappa shape index (κ3) is 5.16. The van der Waals surface area contributed by atoms with Crippen molar-refractivity contribution in [3.8, 4) is 0 Å². The Morgan fingerprint density at radius 1 is 1.89 bits per heavy atom. The van der Waals surface area contributed by atoms with Gasteiger partial charge in [0.15, 0.2) is 0 Å². The van der Waals surface area contributed by atoms with Crippen LogP contribution in [0, 0.1) is 5.41 Å². The molecule has 0 saturated heterocycles. The van der Waals surface area contributed by atoms with Crippen LogP contribution in [0.2, 0.25) is 0 Å². The molecule has 4 nitrogen and oxygen atoms in total. The first-order valence-electron chi connectivity index (χ1n) is 2.27. The monoisotopic (exact) mass is 148 g/mol. The number of alkyl carbamates (subject to hydrolysis) is 1. The zero-order chi connectivity index (χ0) is 7.28. The van der Waals surface area contributed by atoms with Crippen molar-refractivity contribution >= 4 is 23.8 Å². The molecule has 0 aromatic rings. The molecule has 52 valence electrons. The predicted octanol–water partition coefficient (Wildman–Crippen LogP) is 0.249. The average molecular weight is 148 g/mol. The smallest absolute Gasteiger partial charge is 0.407 e. The number of carbonyl (C=O) groups is 1. The van der Waals surface area contributed by atoms with Crippen molar-refractivity contribution in [1.29, 1.82) is 5.41 Å². The van der Waals surface area contributed by atoms with Gasteiger partial charge in [-0.25, -0.2) is 4.79 Å². The molecule has 0 rings (SSSR count). The Morgan fingerprint density at radius 3 is 2.78 bits per heavy atom. The van der Waals surface area contributed by atoms with E-state index in [2.05, 4.69) is 22.7 Å². The Bertz CT molecular complexity index is 126. The average Bonchev–Trinajstić information content (AvgIpc) is 1.83. The number of hydrogen-bond acceptors (Lipinski definition) is 3. The molecular formula is C4H8N2O2S. The molecule has 2 N–H and O–H groups in total.